The number of esters is 3. The van der Waals surface area contributed by atoms with Crippen molar-refractivity contribution in [2.24, 2.45) is 5.92 Å². The summed E-state index contributed by atoms with van der Waals surface area (Å²) in [6.45, 7) is -0.178. The minimum Gasteiger partial charge on any atom is -0.395 e. The second-order valence-electron chi connectivity index (χ2n) is 4.95. The van der Waals surface area contributed by atoms with Crippen molar-refractivity contribution >= 4 is 24.4 Å². The van der Waals surface area contributed by atoms with Gasteiger partial charge in [-0.2, -0.15) is 0 Å². The molecule has 0 radical (unpaired) electrons. The summed E-state index contributed by atoms with van der Waals surface area (Å²) in [4.78, 5) is 45.4. The third-order valence-electron chi connectivity index (χ3n) is 3.15. The van der Waals surface area contributed by atoms with Crippen molar-refractivity contribution in [2.45, 2.75) is 37.8 Å². The van der Waals surface area contributed by atoms with E-state index in [2.05, 4.69) is 18.9 Å². The summed E-state index contributed by atoms with van der Waals surface area (Å²) in [5.41, 5.74) is -7.04. The van der Waals surface area contributed by atoms with E-state index < -0.39 is 54.2 Å². The van der Waals surface area contributed by atoms with E-state index in [1.807, 2.05) is 0 Å². The van der Waals surface area contributed by atoms with Crippen LogP contribution in [-0.2, 0) is 38.1 Å². The van der Waals surface area contributed by atoms with Crippen LogP contribution in [0.5, 0.6) is 0 Å². The van der Waals surface area contributed by atoms with E-state index in [0.717, 1.165) is 0 Å². The first-order chi connectivity index (χ1) is 11.1. The van der Waals surface area contributed by atoms with Gasteiger partial charge >= 0.3 is 37.1 Å². The van der Waals surface area contributed by atoms with Crippen LogP contribution in [0.15, 0.2) is 0 Å². The standard InChI is InChI=1S/C11H8F6O8/c1-8(24-10(12,13)14)4(5(19)22-3-18)9(2,25-11(15,16)17)7(21)23-6(8)20/h3-4H,1-2H3. The molecule has 14 heteroatoms. The lowest BCUT2D eigenvalue weighted by Gasteiger charge is -2.45. The number of carbonyl (C=O) groups is 4. The Kier molecular flexibility index (Phi) is 5.21. The quantitative estimate of drug-likeness (QED) is 0.307. The maximum absolute atomic E-state index is 12.6. The molecule has 142 valence electrons. The Morgan fingerprint density at radius 1 is 1.00 bits per heavy atom. The number of ether oxygens (including phenoxy) is 4. The van der Waals surface area contributed by atoms with Gasteiger partial charge in [0.15, 0.2) is 11.2 Å². The molecule has 0 aromatic heterocycles. The first-order valence-corrected chi connectivity index (χ1v) is 6.01. The third-order valence-corrected chi connectivity index (χ3v) is 3.15. The first-order valence-electron chi connectivity index (χ1n) is 6.01. The molecule has 1 aliphatic heterocycles. The Bertz CT molecular complexity index is 558. The Balaban J connectivity index is 3.58. The summed E-state index contributed by atoms with van der Waals surface area (Å²) in [5.74, 6) is -9.36. The van der Waals surface area contributed by atoms with E-state index in [-0.39, 0.29) is 13.8 Å². The van der Waals surface area contributed by atoms with Crippen molar-refractivity contribution in [3.63, 3.8) is 0 Å². The van der Waals surface area contributed by atoms with E-state index in [1.54, 1.807) is 0 Å². The summed E-state index contributed by atoms with van der Waals surface area (Å²) in [7, 11) is 0. The molecule has 0 N–H and O–H groups in total. The molecule has 1 rings (SSSR count). The van der Waals surface area contributed by atoms with E-state index in [9.17, 15) is 45.5 Å². The van der Waals surface area contributed by atoms with Gasteiger partial charge in [0.2, 0.25) is 0 Å². The van der Waals surface area contributed by atoms with E-state index in [4.69, 9.17) is 0 Å². The van der Waals surface area contributed by atoms with Crippen LogP contribution in [0.3, 0.4) is 0 Å². The SMILES string of the molecule is CC1(OC(F)(F)F)C(=O)OC(=O)C(C)(OC(F)(F)F)C1C(=O)OC=O. The number of hydrogen-bond acceptors (Lipinski definition) is 8. The molecule has 1 heterocycles. The highest BCUT2D eigenvalue weighted by atomic mass is 19.4. The summed E-state index contributed by atoms with van der Waals surface area (Å²) in [6, 6.07) is 0. The fourth-order valence-corrected chi connectivity index (χ4v) is 2.30. The van der Waals surface area contributed by atoms with Crippen molar-refractivity contribution in [1.29, 1.82) is 0 Å². The normalized spacial score (nSPS) is 30.6. The highest BCUT2D eigenvalue weighted by molar-refractivity contribution is 6.04. The van der Waals surface area contributed by atoms with E-state index in [1.165, 1.54) is 0 Å². The van der Waals surface area contributed by atoms with Crippen molar-refractivity contribution in [1.82, 2.24) is 0 Å². The molecule has 1 aliphatic rings. The molecule has 0 aromatic carbocycles. The Morgan fingerprint density at radius 2 is 1.36 bits per heavy atom. The Hall–Kier alpha value is -2.22. The molecular weight excluding hydrogens is 374 g/mol. The predicted octanol–water partition coefficient (Wildman–Crippen LogP) is 0.976. The highest BCUT2D eigenvalue weighted by Gasteiger charge is 2.71. The van der Waals surface area contributed by atoms with Crippen LogP contribution in [0.25, 0.3) is 0 Å². The third kappa shape index (κ3) is 4.25. The topological polar surface area (TPSA) is 105 Å². The van der Waals surface area contributed by atoms with Gasteiger partial charge in [-0.1, -0.05) is 0 Å². The lowest BCUT2D eigenvalue weighted by atomic mass is 9.74. The van der Waals surface area contributed by atoms with Crippen LogP contribution < -0.4 is 0 Å². The van der Waals surface area contributed by atoms with Crippen LogP contribution in [-0.4, -0.2) is 48.3 Å². The minimum absolute atomic E-state index is 0.226. The molecule has 2 atom stereocenters. The molecule has 0 bridgehead atoms. The van der Waals surface area contributed by atoms with Crippen molar-refractivity contribution < 1.29 is 64.5 Å². The fourth-order valence-electron chi connectivity index (χ4n) is 2.30. The lowest BCUT2D eigenvalue weighted by Crippen LogP contribution is -2.69. The number of alkyl halides is 6. The average molecular weight is 382 g/mol. The largest absolute Gasteiger partial charge is 0.523 e. The van der Waals surface area contributed by atoms with Crippen LogP contribution in [0.4, 0.5) is 26.3 Å². The van der Waals surface area contributed by atoms with Gasteiger partial charge in [-0.05, 0) is 13.8 Å². The molecule has 0 saturated carbocycles. The molecule has 2 unspecified atom stereocenters. The Morgan fingerprint density at radius 3 is 1.64 bits per heavy atom. The zero-order valence-electron chi connectivity index (χ0n) is 12.2. The van der Waals surface area contributed by atoms with Gasteiger partial charge in [-0.15, -0.1) is 26.3 Å². The molecule has 8 nitrogen and oxygen atoms in total. The van der Waals surface area contributed by atoms with Gasteiger partial charge in [0.25, 0.3) is 0 Å². The summed E-state index contributed by atoms with van der Waals surface area (Å²) in [6.07, 6.45) is -11.3. The van der Waals surface area contributed by atoms with Crippen LogP contribution in [0, 0.1) is 5.92 Å². The first kappa shape index (κ1) is 20.8. The molecule has 1 saturated heterocycles. The smallest absolute Gasteiger partial charge is 0.395 e. The predicted molar refractivity (Wildman–Crippen MR) is 57.8 cm³/mol. The molecule has 0 amide bonds. The molecular formula is C11H8F6O8. The van der Waals surface area contributed by atoms with Crippen molar-refractivity contribution in [3.8, 4) is 0 Å². The zero-order chi connectivity index (χ0) is 19.8. The molecule has 1 fully saturated rings. The number of carbonyl (C=O) groups excluding carboxylic acids is 4. The summed E-state index contributed by atoms with van der Waals surface area (Å²) in [5, 5.41) is 0. The number of cyclic esters (lactones) is 2. The molecule has 25 heavy (non-hydrogen) atoms. The lowest BCUT2D eigenvalue weighted by molar-refractivity contribution is -0.398. The van der Waals surface area contributed by atoms with Gasteiger partial charge in [0, 0.05) is 0 Å². The highest BCUT2D eigenvalue weighted by Crippen LogP contribution is 2.45. The maximum Gasteiger partial charge on any atom is 0.523 e. The van der Waals surface area contributed by atoms with Gasteiger partial charge in [-0.3, -0.25) is 19.1 Å². The van der Waals surface area contributed by atoms with Gasteiger partial charge < -0.3 is 9.47 Å². The van der Waals surface area contributed by atoms with Crippen LogP contribution >= 0.6 is 0 Å². The second kappa shape index (κ2) is 6.25. The molecule has 0 spiro atoms. The van der Waals surface area contributed by atoms with E-state index >= 15 is 0 Å². The van der Waals surface area contributed by atoms with Gasteiger partial charge in [0.1, 0.15) is 5.92 Å². The van der Waals surface area contributed by atoms with Crippen molar-refractivity contribution in [3.05, 3.63) is 0 Å². The Labute approximate surface area is 133 Å². The van der Waals surface area contributed by atoms with E-state index in [0.29, 0.717) is 0 Å². The second-order valence-corrected chi connectivity index (χ2v) is 4.95. The van der Waals surface area contributed by atoms with Gasteiger partial charge in [-0.25, -0.2) is 9.59 Å². The maximum atomic E-state index is 12.6. The van der Waals surface area contributed by atoms with Gasteiger partial charge in [0.05, 0.1) is 0 Å². The number of halogens is 6. The fraction of sp³-hybridized carbons (Fsp3) is 0.636. The molecule has 0 aliphatic carbocycles. The zero-order valence-corrected chi connectivity index (χ0v) is 12.2. The van der Waals surface area contributed by atoms with Crippen LogP contribution in [0.2, 0.25) is 0 Å². The van der Waals surface area contributed by atoms with Crippen LogP contribution in [0.1, 0.15) is 13.8 Å². The molecule has 0 aromatic rings. The van der Waals surface area contributed by atoms with Crippen molar-refractivity contribution in [2.75, 3.05) is 0 Å². The monoisotopic (exact) mass is 382 g/mol. The summed E-state index contributed by atoms with van der Waals surface area (Å²) >= 11 is 0. The number of rotatable bonds is 4. The number of hydrogen-bond donors (Lipinski definition) is 0. The summed E-state index contributed by atoms with van der Waals surface area (Å²) < 4.78 is 89.8. The minimum atomic E-state index is -5.65. The average Bonchev–Trinajstić information content (AvgIpc) is 2.32.